The monoisotopic (exact) mass is 240 g/mol. The molecule has 0 saturated carbocycles. The molecular weight excluding hydrogens is 224 g/mol. The van der Waals surface area contributed by atoms with Gasteiger partial charge in [0, 0.05) is 10.7 Å². The van der Waals surface area contributed by atoms with Crippen molar-refractivity contribution in [2.75, 3.05) is 5.32 Å². The number of carbonyl (C=O) groups excluding carboxylic acids is 1. The first-order valence-electron chi connectivity index (χ1n) is 5.36. The maximum atomic E-state index is 11.7. The minimum Gasteiger partial charge on any atom is -0.325 e. The average Bonchev–Trinajstić information content (AvgIpc) is 2.27. The Kier molecular flexibility index (Phi) is 4.77. The number of nitrogens with two attached hydrogens (primary N) is 1. The topological polar surface area (TPSA) is 55.1 Å². The lowest BCUT2D eigenvalue weighted by Crippen LogP contribution is -2.40. The zero-order valence-electron chi connectivity index (χ0n) is 9.53. The average molecular weight is 241 g/mol. The highest BCUT2D eigenvalue weighted by Gasteiger charge is 2.19. The van der Waals surface area contributed by atoms with Crippen molar-refractivity contribution in [1.82, 2.24) is 0 Å². The molecule has 0 aliphatic heterocycles. The normalized spacial score (nSPS) is 14.2. The predicted octanol–water partition coefficient (Wildman–Crippen LogP) is 2.65. The molecule has 0 aliphatic carbocycles. The number of rotatable bonds is 4. The Labute approximate surface area is 101 Å². The second kappa shape index (κ2) is 5.87. The van der Waals surface area contributed by atoms with E-state index in [0.717, 1.165) is 6.42 Å². The van der Waals surface area contributed by atoms with Gasteiger partial charge in [0.1, 0.15) is 0 Å². The Morgan fingerprint density at radius 3 is 2.81 bits per heavy atom. The van der Waals surface area contributed by atoms with Crippen molar-refractivity contribution < 1.29 is 4.79 Å². The number of halogens is 1. The van der Waals surface area contributed by atoms with E-state index in [1.54, 1.807) is 24.3 Å². The van der Waals surface area contributed by atoms with Gasteiger partial charge in [-0.05, 0) is 24.1 Å². The van der Waals surface area contributed by atoms with Crippen LogP contribution in [0.5, 0.6) is 0 Å². The van der Waals surface area contributed by atoms with Crippen molar-refractivity contribution in [3.8, 4) is 0 Å². The highest BCUT2D eigenvalue weighted by Crippen LogP contribution is 2.16. The molecule has 0 fully saturated rings. The molecule has 0 heterocycles. The van der Waals surface area contributed by atoms with Crippen molar-refractivity contribution in [3.05, 3.63) is 29.3 Å². The minimum absolute atomic E-state index is 0.166. The number of hydrogen-bond donors (Lipinski definition) is 2. The molecule has 0 spiro atoms. The van der Waals surface area contributed by atoms with Crippen LogP contribution >= 0.6 is 11.6 Å². The lowest BCUT2D eigenvalue weighted by molar-refractivity contribution is -0.118. The second-order valence-electron chi connectivity index (χ2n) is 3.91. The predicted molar refractivity (Wildman–Crippen MR) is 67.5 cm³/mol. The smallest absolute Gasteiger partial charge is 0.241 e. The summed E-state index contributed by atoms with van der Waals surface area (Å²) in [6.07, 6.45) is 0.879. The molecule has 3 nitrogen and oxygen atoms in total. The number of amides is 1. The maximum absolute atomic E-state index is 11.7. The summed E-state index contributed by atoms with van der Waals surface area (Å²) in [5, 5.41) is 3.34. The van der Waals surface area contributed by atoms with Gasteiger partial charge in [-0.2, -0.15) is 0 Å². The molecule has 1 aromatic rings. The van der Waals surface area contributed by atoms with Crippen LogP contribution in [0.3, 0.4) is 0 Å². The van der Waals surface area contributed by atoms with Crippen LogP contribution in [0.1, 0.15) is 20.3 Å². The fourth-order valence-corrected chi connectivity index (χ4v) is 1.49. The summed E-state index contributed by atoms with van der Waals surface area (Å²) in [7, 11) is 0. The molecule has 4 heteroatoms. The van der Waals surface area contributed by atoms with Crippen molar-refractivity contribution in [2.24, 2.45) is 11.7 Å². The summed E-state index contributed by atoms with van der Waals surface area (Å²) in [6, 6.07) is 6.54. The third-order valence-corrected chi connectivity index (χ3v) is 2.89. The van der Waals surface area contributed by atoms with E-state index in [-0.39, 0.29) is 11.8 Å². The first kappa shape index (κ1) is 13.0. The number of carbonyl (C=O) groups is 1. The number of anilines is 1. The van der Waals surface area contributed by atoms with Crippen LogP contribution in [-0.4, -0.2) is 11.9 Å². The van der Waals surface area contributed by atoms with Crippen molar-refractivity contribution in [1.29, 1.82) is 0 Å². The van der Waals surface area contributed by atoms with Gasteiger partial charge in [-0.25, -0.2) is 0 Å². The van der Waals surface area contributed by atoms with Gasteiger partial charge < -0.3 is 11.1 Å². The summed E-state index contributed by atoms with van der Waals surface area (Å²) in [6.45, 7) is 3.97. The van der Waals surface area contributed by atoms with Gasteiger partial charge in [0.25, 0.3) is 0 Å². The fraction of sp³-hybridized carbons (Fsp3) is 0.417. The molecule has 88 valence electrons. The van der Waals surface area contributed by atoms with Crippen molar-refractivity contribution in [2.45, 2.75) is 26.3 Å². The fourth-order valence-electron chi connectivity index (χ4n) is 1.30. The van der Waals surface area contributed by atoms with Crippen LogP contribution in [0, 0.1) is 5.92 Å². The third kappa shape index (κ3) is 3.51. The first-order valence-corrected chi connectivity index (χ1v) is 5.74. The van der Waals surface area contributed by atoms with E-state index in [1.165, 1.54) is 0 Å². The molecule has 1 aromatic carbocycles. The van der Waals surface area contributed by atoms with E-state index >= 15 is 0 Å². The molecule has 0 aliphatic rings. The number of benzene rings is 1. The van der Waals surface area contributed by atoms with Crippen molar-refractivity contribution >= 4 is 23.2 Å². The molecule has 0 unspecified atom stereocenters. The van der Waals surface area contributed by atoms with E-state index in [2.05, 4.69) is 5.32 Å². The van der Waals surface area contributed by atoms with E-state index in [1.807, 2.05) is 13.8 Å². The van der Waals surface area contributed by atoms with Gasteiger partial charge >= 0.3 is 0 Å². The number of nitrogens with one attached hydrogen (secondary N) is 1. The van der Waals surface area contributed by atoms with Crippen molar-refractivity contribution in [3.63, 3.8) is 0 Å². The van der Waals surface area contributed by atoms with E-state index in [0.29, 0.717) is 10.7 Å². The Bertz CT molecular complexity index is 368. The summed E-state index contributed by atoms with van der Waals surface area (Å²) < 4.78 is 0. The molecule has 1 amide bonds. The SMILES string of the molecule is CC[C@H](C)[C@H](N)C(=O)Nc1cccc(Cl)c1. The molecule has 0 aromatic heterocycles. The Hall–Kier alpha value is -1.06. The zero-order chi connectivity index (χ0) is 12.1. The van der Waals surface area contributed by atoms with Gasteiger partial charge in [-0.15, -0.1) is 0 Å². The molecular formula is C12H17ClN2O. The third-order valence-electron chi connectivity index (χ3n) is 2.65. The summed E-state index contributed by atoms with van der Waals surface area (Å²) in [5.41, 5.74) is 6.49. The highest BCUT2D eigenvalue weighted by molar-refractivity contribution is 6.30. The molecule has 2 atom stereocenters. The van der Waals surface area contributed by atoms with Gasteiger partial charge in [-0.3, -0.25) is 4.79 Å². The molecule has 0 saturated heterocycles. The van der Waals surface area contributed by atoms with Crippen LogP contribution in [0.2, 0.25) is 5.02 Å². The Morgan fingerprint density at radius 1 is 1.56 bits per heavy atom. The Morgan fingerprint density at radius 2 is 2.25 bits per heavy atom. The number of hydrogen-bond acceptors (Lipinski definition) is 2. The van der Waals surface area contributed by atoms with Crippen LogP contribution in [-0.2, 0) is 4.79 Å². The Balaban J connectivity index is 2.64. The lowest BCUT2D eigenvalue weighted by atomic mass is 9.99. The quantitative estimate of drug-likeness (QED) is 0.850. The van der Waals surface area contributed by atoms with Gasteiger partial charge in [0.05, 0.1) is 6.04 Å². The highest BCUT2D eigenvalue weighted by atomic mass is 35.5. The van der Waals surface area contributed by atoms with E-state index in [4.69, 9.17) is 17.3 Å². The van der Waals surface area contributed by atoms with Crippen LogP contribution in [0.15, 0.2) is 24.3 Å². The molecule has 1 rings (SSSR count). The van der Waals surface area contributed by atoms with Crippen LogP contribution in [0.25, 0.3) is 0 Å². The summed E-state index contributed by atoms with van der Waals surface area (Å²) in [5.74, 6) is -0.00389. The maximum Gasteiger partial charge on any atom is 0.241 e. The summed E-state index contributed by atoms with van der Waals surface area (Å²) in [4.78, 5) is 11.7. The minimum atomic E-state index is -0.482. The van der Waals surface area contributed by atoms with E-state index < -0.39 is 6.04 Å². The zero-order valence-corrected chi connectivity index (χ0v) is 10.3. The van der Waals surface area contributed by atoms with Crippen LogP contribution < -0.4 is 11.1 Å². The molecule has 0 radical (unpaired) electrons. The van der Waals surface area contributed by atoms with Gasteiger partial charge in [0.15, 0.2) is 0 Å². The molecule has 0 bridgehead atoms. The van der Waals surface area contributed by atoms with Crippen LogP contribution in [0.4, 0.5) is 5.69 Å². The lowest BCUT2D eigenvalue weighted by Gasteiger charge is -2.17. The second-order valence-corrected chi connectivity index (χ2v) is 4.35. The first-order chi connectivity index (χ1) is 7.54. The standard InChI is InChI=1S/C12H17ClN2O/c1-3-8(2)11(14)12(16)15-10-6-4-5-9(13)7-10/h4-8,11H,3,14H2,1-2H3,(H,15,16)/t8-,11-/m0/s1. The van der Waals surface area contributed by atoms with E-state index in [9.17, 15) is 4.79 Å². The molecule has 16 heavy (non-hydrogen) atoms. The molecule has 3 N–H and O–H groups in total. The van der Waals surface area contributed by atoms with Gasteiger partial charge in [-0.1, -0.05) is 37.9 Å². The van der Waals surface area contributed by atoms with Gasteiger partial charge in [0.2, 0.25) is 5.91 Å². The largest absolute Gasteiger partial charge is 0.325 e. The summed E-state index contributed by atoms with van der Waals surface area (Å²) >= 11 is 5.82.